The zero-order valence-electron chi connectivity index (χ0n) is 14.4. The van der Waals surface area contributed by atoms with Gasteiger partial charge in [0.1, 0.15) is 12.1 Å². The van der Waals surface area contributed by atoms with Gasteiger partial charge in [-0.3, -0.25) is 0 Å². The molecule has 0 amide bonds. The average Bonchev–Trinajstić information content (AvgIpc) is 3.23. The Bertz CT molecular complexity index is 759. The molecule has 0 fully saturated rings. The third-order valence-corrected chi connectivity index (χ3v) is 4.32. The molecule has 0 aliphatic rings. The van der Waals surface area contributed by atoms with Crippen LogP contribution in [0.1, 0.15) is 48.4 Å². The molecule has 0 bridgehead atoms. The molecule has 7 heteroatoms. The van der Waals surface area contributed by atoms with Gasteiger partial charge in [-0.25, -0.2) is 4.68 Å². The highest BCUT2D eigenvalue weighted by atomic mass is 16.5. The van der Waals surface area contributed by atoms with Crippen LogP contribution in [0.3, 0.4) is 0 Å². The van der Waals surface area contributed by atoms with E-state index in [0.717, 1.165) is 23.7 Å². The quantitative estimate of drug-likeness (QED) is 0.750. The Hall–Kier alpha value is -2.54. The first kappa shape index (κ1) is 16.3. The second-order valence-electron chi connectivity index (χ2n) is 6.11. The summed E-state index contributed by atoms with van der Waals surface area (Å²) < 4.78 is 6.90. The summed E-state index contributed by atoms with van der Waals surface area (Å²) in [6.45, 7) is 9.16. The fourth-order valence-electron chi connectivity index (χ4n) is 2.96. The Balaban J connectivity index is 1.62. The zero-order chi connectivity index (χ0) is 17.1. The van der Waals surface area contributed by atoms with E-state index >= 15 is 0 Å². The molecule has 126 valence electrons. The van der Waals surface area contributed by atoms with Crippen molar-refractivity contribution < 1.29 is 4.52 Å². The molecule has 0 spiro atoms. The lowest BCUT2D eigenvalue weighted by Gasteiger charge is -2.18. The molecule has 2 atom stereocenters. The summed E-state index contributed by atoms with van der Waals surface area (Å²) in [6, 6.07) is 8.46. The first-order chi connectivity index (χ1) is 11.6. The minimum Gasteiger partial charge on any atom is -0.361 e. The predicted molar refractivity (Wildman–Crippen MR) is 90.0 cm³/mol. The molecule has 0 saturated heterocycles. The van der Waals surface area contributed by atoms with Crippen LogP contribution in [0, 0.1) is 13.8 Å². The molecule has 0 saturated carbocycles. The maximum absolute atomic E-state index is 5.26. The number of hydrogen-bond donors (Lipinski definition) is 1. The first-order valence-electron chi connectivity index (χ1n) is 8.05. The van der Waals surface area contributed by atoms with Gasteiger partial charge in [0.25, 0.3) is 0 Å². The second-order valence-corrected chi connectivity index (χ2v) is 6.11. The highest BCUT2D eigenvalue weighted by molar-refractivity contribution is 5.34. The van der Waals surface area contributed by atoms with Gasteiger partial charge in [-0.05, 0) is 54.8 Å². The van der Waals surface area contributed by atoms with Crippen LogP contribution in [0.5, 0.6) is 0 Å². The van der Waals surface area contributed by atoms with E-state index in [9.17, 15) is 0 Å². The monoisotopic (exact) mass is 326 g/mol. The SMILES string of the molecule is Cc1noc(C)c1[C@@H](C)CN[C@H](C)c1ccc(-n2cnnn2)cc1. The Morgan fingerprint density at radius 1 is 1.17 bits per heavy atom. The summed E-state index contributed by atoms with van der Waals surface area (Å²) >= 11 is 0. The maximum atomic E-state index is 5.26. The lowest BCUT2D eigenvalue weighted by molar-refractivity contribution is 0.391. The molecule has 2 aromatic heterocycles. The number of aryl methyl sites for hydroxylation is 2. The van der Waals surface area contributed by atoms with Crippen molar-refractivity contribution in [3.63, 3.8) is 0 Å². The molecule has 3 rings (SSSR count). The molecule has 0 unspecified atom stereocenters. The van der Waals surface area contributed by atoms with Crippen molar-refractivity contribution in [1.82, 2.24) is 30.7 Å². The summed E-state index contributed by atoms with van der Waals surface area (Å²) in [5.74, 6) is 1.25. The first-order valence-corrected chi connectivity index (χ1v) is 8.05. The van der Waals surface area contributed by atoms with Gasteiger partial charge < -0.3 is 9.84 Å². The highest BCUT2D eigenvalue weighted by Gasteiger charge is 2.17. The number of benzene rings is 1. The smallest absolute Gasteiger partial charge is 0.143 e. The second kappa shape index (κ2) is 6.92. The van der Waals surface area contributed by atoms with E-state index in [4.69, 9.17) is 4.52 Å². The molecule has 0 aliphatic heterocycles. The van der Waals surface area contributed by atoms with Gasteiger partial charge in [-0.15, -0.1) is 5.10 Å². The normalized spacial score (nSPS) is 13.8. The van der Waals surface area contributed by atoms with Gasteiger partial charge in [-0.2, -0.15) is 0 Å². The highest BCUT2D eigenvalue weighted by Crippen LogP contribution is 2.23. The van der Waals surface area contributed by atoms with Crippen LogP contribution in [-0.4, -0.2) is 31.9 Å². The molecule has 2 heterocycles. The fraction of sp³-hybridized carbons (Fsp3) is 0.412. The van der Waals surface area contributed by atoms with Crippen molar-refractivity contribution >= 4 is 0 Å². The van der Waals surface area contributed by atoms with Crippen LogP contribution in [0.2, 0.25) is 0 Å². The van der Waals surface area contributed by atoms with Crippen LogP contribution in [0.4, 0.5) is 0 Å². The van der Waals surface area contributed by atoms with Crippen LogP contribution < -0.4 is 5.32 Å². The van der Waals surface area contributed by atoms with Crippen molar-refractivity contribution in [3.8, 4) is 5.69 Å². The van der Waals surface area contributed by atoms with E-state index in [0.29, 0.717) is 5.92 Å². The van der Waals surface area contributed by atoms with E-state index < -0.39 is 0 Å². The molecule has 7 nitrogen and oxygen atoms in total. The van der Waals surface area contributed by atoms with Crippen LogP contribution in [0.15, 0.2) is 35.1 Å². The topological polar surface area (TPSA) is 81.7 Å². The summed E-state index contributed by atoms with van der Waals surface area (Å²) in [4.78, 5) is 0. The van der Waals surface area contributed by atoms with E-state index in [-0.39, 0.29) is 6.04 Å². The van der Waals surface area contributed by atoms with E-state index in [1.54, 1.807) is 11.0 Å². The maximum Gasteiger partial charge on any atom is 0.143 e. The summed E-state index contributed by atoms with van der Waals surface area (Å²) in [6.07, 6.45) is 1.59. The molecule has 1 N–H and O–H groups in total. The molecular formula is C17H22N6O. The van der Waals surface area contributed by atoms with E-state index in [1.165, 1.54) is 11.1 Å². The van der Waals surface area contributed by atoms with Crippen molar-refractivity contribution in [2.45, 2.75) is 39.7 Å². The number of nitrogens with one attached hydrogen (secondary N) is 1. The average molecular weight is 326 g/mol. The Morgan fingerprint density at radius 3 is 2.50 bits per heavy atom. The van der Waals surface area contributed by atoms with Crippen molar-refractivity contribution in [3.05, 3.63) is 53.2 Å². The summed E-state index contributed by atoms with van der Waals surface area (Å²) in [5, 5.41) is 18.8. The van der Waals surface area contributed by atoms with Crippen LogP contribution in [0.25, 0.3) is 5.69 Å². The molecule has 0 radical (unpaired) electrons. The number of tetrazole rings is 1. The molecule has 3 aromatic rings. The standard InChI is InChI=1S/C17H22N6O/c1-11(17-13(3)20-24-14(17)4)9-18-12(2)15-5-7-16(8-6-15)23-10-19-21-22-23/h5-8,10-12,18H,9H2,1-4H3/t11-,12+/m0/s1. The van der Waals surface area contributed by atoms with E-state index in [1.807, 2.05) is 26.0 Å². The van der Waals surface area contributed by atoms with Crippen molar-refractivity contribution in [2.24, 2.45) is 0 Å². The van der Waals surface area contributed by atoms with Gasteiger partial charge in [-0.1, -0.05) is 24.2 Å². The number of rotatable bonds is 6. The number of hydrogen-bond acceptors (Lipinski definition) is 6. The van der Waals surface area contributed by atoms with Crippen LogP contribution in [-0.2, 0) is 0 Å². The molecule has 24 heavy (non-hydrogen) atoms. The molecular weight excluding hydrogens is 304 g/mol. The lowest BCUT2D eigenvalue weighted by Crippen LogP contribution is -2.24. The largest absolute Gasteiger partial charge is 0.361 e. The van der Waals surface area contributed by atoms with Gasteiger partial charge in [0.15, 0.2) is 0 Å². The Labute approximate surface area is 141 Å². The zero-order valence-corrected chi connectivity index (χ0v) is 14.4. The van der Waals surface area contributed by atoms with Gasteiger partial charge in [0, 0.05) is 18.2 Å². The van der Waals surface area contributed by atoms with Crippen molar-refractivity contribution in [2.75, 3.05) is 6.54 Å². The minimum atomic E-state index is 0.246. The summed E-state index contributed by atoms with van der Waals surface area (Å²) in [5.41, 5.74) is 4.34. The lowest BCUT2D eigenvalue weighted by atomic mass is 9.98. The third kappa shape index (κ3) is 3.35. The van der Waals surface area contributed by atoms with Crippen molar-refractivity contribution in [1.29, 1.82) is 0 Å². The van der Waals surface area contributed by atoms with Crippen LogP contribution >= 0.6 is 0 Å². The fourth-order valence-corrected chi connectivity index (χ4v) is 2.96. The van der Waals surface area contributed by atoms with Gasteiger partial charge in [0.05, 0.1) is 11.4 Å². The van der Waals surface area contributed by atoms with E-state index in [2.05, 4.69) is 52.0 Å². The van der Waals surface area contributed by atoms with Gasteiger partial charge >= 0.3 is 0 Å². The predicted octanol–water partition coefficient (Wildman–Crippen LogP) is 2.72. The number of aromatic nitrogens is 5. The third-order valence-electron chi connectivity index (χ3n) is 4.32. The molecule has 0 aliphatic carbocycles. The summed E-state index contributed by atoms with van der Waals surface area (Å²) in [7, 11) is 0. The van der Waals surface area contributed by atoms with Gasteiger partial charge in [0.2, 0.25) is 0 Å². The minimum absolute atomic E-state index is 0.246. The Morgan fingerprint density at radius 2 is 1.92 bits per heavy atom. The Kier molecular flexibility index (Phi) is 4.71. The molecule has 1 aromatic carbocycles. The number of nitrogens with zero attached hydrogens (tertiary/aromatic N) is 5.